The van der Waals surface area contributed by atoms with E-state index in [1.807, 2.05) is 18.2 Å². The number of aromatic nitrogens is 1. The number of hydrogen-bond acceptors (Lipinski definition) is 4. The SMILES string of the molecule is O=C(NCc1cccc2c1OCCCO2)c1cccnc1. The lowest BCUT2D eigenvalue weighted by molar-refractivity contribution is 0.0950. The van der Waals surface area contributed by atoms with Crippen molar-refractivity contribution in [1.29, 1.82) is 0 Å². The Kier molecular flexibility index (Phi) is 4.00. The predicted octanol–water partition coefficient (Wildman–Crippen LogP) is 2.17. The molecular weight excluding hydrogens is 268 g/mol. The van der Waals surface area contributed by atoms with Gasteiger partial charge in [-0.2, -0.15) is 0 Å². The normalized spacial score (nSPS) is 13.3. The van der Waals surface area contributed by atoms with Crippen LogP contribution in [0.15, 0.2) is 42.7 Å². The average molecular weight is 284 g/mol. The molecule has 0 spiro atoms. The van der Waals surface area contributed by atoms with Gasteiger partial charge in [0.25, 0.3) is 5.91 Å². The van der Waals surface area contributed by atoms with Gasteiger partial charge in [0.15, 0.2) is 11.5 Å². The summed E-state index contributed by atoms with van der Waals surface area (Å²) in [5.41, 5.74) is 1.45. The number of fused-ring (bicyclic) bond motifs is 1. The van der Waals surface area contributed by atoms with E-state index in [0.717, 1.165) is 23.5 Å². The number of amides is 1. The molecule has 108 valence electrons. The quantitative estimate of drug-likeness (QED) is 0.938. The third-order valence-corrected chi connectivity index (χ3v) is 3.22. The van der Waals surface area contributed by atoms with E-state index in [4.69, 9.17) is 9.47 Å². The van der Waals surface area contributed by atoms with Gasteiger partial charge in [-0.3, -0.25) is 9.78 Å². The maximum absolute atomic E-state index is 12.0. The number of benzene rings is 1. The van der Waals surface area contributed by atoms with Gasteiger partial charge in [0.2, 0.25) is 0 Å². The molecule has 5 nitrogen and oxygen atoms in total. The predicted molar refractivity (Wildman–Crippen MR) is 77.5 cm³/mol. The molecule has 5 heteroatoms. The second kappa shape index (κ2) is 6.26. The Morgan fingerprint density at radius 3 is 2.95 bits per heavy atom. The highest BCUT2D eigenvalue weighted by atomic mass is 16.5. The van der Waals surface area contributed by atoms with E-state index in [1.165, 1.54) is 0 Å². The van der Waals surface area contributed by atoms with E-state index in [1.54, 1.807) is 24.5 Å². The average Bonchev–Trinajstić information content (AvgIpc) is 2.79. The van der Waals surface area contributed by atoms with Gasteiger partial charge in [-0.05, 0) is 18.2 Å². The molecule has 2 heterocycles. The van der Waals surface area contributed by atoms with Gasteiger partial charge in [-0.25, -0.2) is 0 Å². The minimum Gasteiger partial charge on any atom is -0.490 e. The maximum Gasteiger partial charge on any atom is 0.253 e. The molecule has 0 saturated heterocycles. The molecule has 1 aliphatic rings. The number of carbonyl (C=O) groups is 1. The van der Waals surface area contributed by atoms with Crippen molar-refractivity contribution in [3.05, 3.63) is 53.9 Å². The Morgan fingerprint density at radius 1 is 1.19 bits per heavy atom. The van der Waals surface area contributed by atoms with E-state index in [0.29, 0.717) is 25.3 Å². The summed E-state index contributed by atoms with van der Waals surface area (Å²) < 4.78 is 11.4. The zero-order valence-electron chi connectivity index (χ0n) is 11.5. The molecule has 0 saturated carbocycles. The summed E-state index contributed by atoms with van der Waals surface area (Å²) in [6, 6.07) is 9.18. The number of carbonyl (C=O) groups excluding carboxylic acids is 1. The van der Waals surface area contributed by atoms with Crippen LogP contribution in [0.3, 0.4) is 0 Å². The lowest BCUT2D eigenvalue weighted by atomic mass is 10.1. The number of nitrogens with zero attached hydrogens (tertiary/aromatic N) is 1. The standard InChI is InChI=1S/C16H16N2O3/c19-16(13-5-2-7-17-10-13)18-11-12-4-1-6-14-15(12)21-9-3-8-20-14/h1-2,4-7,10H,3,8-9,11H2,(H,18,19). The molecule has 0 unspecified atom stereocenters. The fourth-order valence-corrected chi connectivity index (χ4v) is 2.17. The van der Waals surface area contributed by atoms with Crippen LogP contribution in [0, 0.1) is 0 Å². The van der Waals surface area contributed by atoms with Crippen LogP contribution in [0.5, 0.6) is 11.5 Å². The molecule has 0 bridgehead atoms. The molecule has 1 amide bonds. The molecular formula is C16H16N2O3. The van der Waals surface area contributed by atoms with Gasteiger partial charge < -0.3 is 14.8 Å². The second-order valence-electron chi connectivity index (χ2n) is 4.72. The first kappa shape index (κ1) is 13.4. The first-order valence-corrected chi connectivity index (χ1v) is 6.90. The lowest BCUT2D eigenvalue weighted by Crippen LogP contribution is -2.23. The third kappa shape index (κ3) is 3.13. The summed E-state index contributed by atoms with van der Waals surface area (Å²) in [7, 11) is 0. The Morgan fingerprint density at radius 2 is 2.10 bits per heavy atom. The van der Waals surface area contributed by atoms with Crippen molar-refractivity contribution in [2.75, 3.05) is 13.2 Å². The van der Waals surface area contributed by atoms with Gasteiger partial charge >= 0.3 is 0 Å². The van der Waals surface area contributed by atoms with E-state index >= 15 is 0 Å². The topological polar surface area (TPSA) is 60.5 Å². The van der Waals surface area contributed by atoms with Crippen molar-refractivity contribution < 1.29 is 14.3 Å². The van der Waals surface area contributed by atoms with E-state index in [-0.39, 0.29) is 5.91 Å². The molecule has 0 fully saturated rings. The van der Waals surface area contributed by atoms with Crippen molar-refractivity contribution in [1.82, 2.24) is 10.3 Å². The molecule has 2 aromatic rings. The van der Waals surface area contributed by atoms with Crippen molar-refractivity contribution in [2.45, 2.75) is 13.0 Å². The molecule has 0 aliphatic carbocycles. The summed E-state index contributed by atoms with van der Waals surface area (Å²) >= 11 is 0. The van der Waals surface area contributed by atoms with Crippen molar-refractivity contribution in [3.8, 4) is 11.5 Å². The summed E-state index contributed by atoms with van der Waals surface area (Å²) in [5, 5.41) is 2.87. The Bertz CT molecular complexity index is 629. The fraction of sp³-hybridized carbons (Fsp3) is 0.250. The molecule has 1 N–H and O–H groups in total. The Balaban J connectivity index is 1.72. The van der Waals surface area contributed by atoms with Crippen LogP contribution < -0.4 is 14.8 Å². The third-order valence-electron chi connectivity index (χ3n) is 3.22. The number of hydrogen-bond donors (Lipinski definition) is 1. The van der Waals surface area contributed by atoms with Crippen molar-refractivity contribution >= 4 is 5.91 Å². The van der Waals surface area contributed by atoms with Crippen LogP contribution >= 0.6 is 0 Å². The van der Waals surface area contributed by atoms with Crippen LogP contribution in [0.4, 0.5) is 0 Å². The maximum atomic E-state index is 12.0. The highest BCUT2D eigenvalue weighted by Crippen LogP contribution is 2.33. The molecule has 1 aromatic heterocycles. The Hall–Kier alpha value is -2.56. The smallest absolute Gasteiger partial charge is 0.253 e. The van der Waals surface area contributed by atoms with Crippen LogP contribution in [-0.2, 0) is 6.54 Å². The van der Waals surface area contributed by atoms with E-state index < -0.39 is 0 Å². The zero-order valence-corrected chi connectivity index (χ0v) is 11.5. The fourth-order valence-electron chi connectivity index (χ4n) is 2.17. The van der Waals surface area contributed by atoms with Crippen molar-refractivity contribution in [3.63, 3.8) is 0 Å². The summed E-state index contributed by atoms with van der Waals surface area (Å²) in [5.74, 6) is 1.30. The second-order valence-corrected chi connectivity index (χ2v) is 4.72. The van der Waals surface area contributed by atoms with E-state index in [9.17, 15) is 4.79 Å². The number of rotatable bonds is 3. The summed E-state index contributed by atoms with van der Waals surface area (Å²) in [6.07, 6.45) is 4.04. The minimum atomic E-state index is -0.157. The monoisotopic (exact) mass is 284 g/mol. The molecule has 21 heavy (non-hydrogen) atoms. The van der Waals surface area contributed by atoms with Gasteiger partial charge in [0.05, 0.1) is 18.8 Å². The van der Waals surface area contributed by atoms with Gasteiger partial charge in [-0.1, -0.05) is 12.1 Å². The van der Waals surface area contributed by atoms with Crippen LogP contribution in [0.1, 0.15) is 22.3 Å². The Labute approximate surface area is 122 Å². The number of nitrogens with one attached hydrogen (secondary N) is 1. The highest BCUT2D eigenvalue weighted by Gasteiger charge is 2.15. The zero-order chi connectivity index (χ0) is 14.5. The highest BCUT2D eigenvalue weighted by molar-refractivity contribution is 5.93. The molecule has 3 rings (SSSR count). The summed E-state index contributed by atoms with van der Waals surface area (Å²) in [4.78, 5) is 16.0. The van der Waals surface area contributed by atoms with Crippen LogP contribution in [0.2, 0.25) is 0 Å². The lowest BCUT2D eigenvalue weighted by Gasteiger charge is -2.13. The van der Waals surface area contributed by atoms with Gasteiger partial charge in [0, 0.05) is 30.9 Å². The largest absolute Gasteiger partial charge is 0.490 e. The van der Waals surface area contributed by atoms with Gasteiger partial charge in [-0.15, -0.1) is 0 Å². The number of para-hydroxylation sites is 1. The van der Waals surface area contributed by atoms with Crippen LogP contribution in [0.25, 0.3) is 0 Å². The molecule has 0 radical (unpaired) electrons. The first-order valence-electron chi connectivity index (χ1n) is 6.90. The summed E-state index contributed by atoms with van der Waals surface area (Å²) in [6.45, 7) is 1.67. The molecule has 1 aromatic carbocycles. The van der Waals surface area contributed by atoms with E-state index in [2.05, 4.69) is 10.3 Å². The number of ether oxygens (including phenoxy) is 2. The molecule has 0 atom stereocenters. The first-order chi connectivity index (χ1) is 10.3. The van der Waals surface area contributed by atoms with Crippen LogP contribution in [-0.4, -0.2) is 24.1 Å². The molecule has 1 aliphatic heterocycles. The van der Waals surface area contributed by atoms with Crippen molar-refractivity contribution in [2.24, 2.45) is 0 Å². The number of pyridine rings is 1. The van der Waals surface area contributed by atoms with Gasteiger partial charge in [0.1, 0.15) is 0 Å². The minimum absolute atomic E-state index is 0.157.